The molecular weight excluding hydrogens is 306 g/mol. The first-order valence-electron chi connectivity index (χ1n) is 5.36. The average Bonchev–Trinajstić information content (AvgIpc) is 3.10. The maximum atomic E-state index is 6.10. The van der Waals surface area contributed by atoms with Crippen molar-refractivity contribution in [3.8, 4) is 0 Å². The number of rotatable bonds is 3. The van der Waals surface area contributed by atoms with Crippen molar-refractivity contribution in [1.29, 1.82) is 0 Å². The van der Waals surface area contributed by atoms with E-state index >= 15 is 0 Å². The van der Waals surface area contributed by atoms with Crippen LogP contribution in [0.2, 0.25) is 0 Å². The van der Waals surface area contributed by atoms with Gasteiger partial charge in [-0.25, -0.2) is 9.97 Å². The zero-order valence-corrected chi connectivity index (χ0v) is 11.2. The molecule has 1 fully saturated rings. The van der Waals surface area contributed by atoms with Crippen LogP contribution in [0.25, 0.3) is 0 Å². The van der Waals surface area contributed by atoms with Crippen molar-refractivity contribution in [1.82, 2.24) is 19.9 Å². The van der Waals surface area contributed by atoms with Crippen molar-refractivity contribution < 1.29 is 0 Å². The van der Waals surface area contributed by atoms with E-state index in [-0.39, 0.29) is 4.45 Å². The van der Waals surface area contributed by atoms with Crippen LogP contribution in [-0.2, 0) is 0 Å². The molecule has 90 valence electrons. The normalized spacial score (nSPS) is 28.1. The lowest BCUT2D eigenvalue weighted by molar-refractivity contribution is 0.373. The van der Waals surface area contributed by atoms with E-state index in [1.807, 2.05) is 6.08 Å². The topological polar surface area (TPSA) is 53.1 Å². The van der Waals surface area contributed by atoms with Gasteiger partial charge in [0.25, 0.3) is 0 Å². The molecule has 5 nitrogen and oxygen atoms in total. The number of nitrogens with zero attached hydrogens (tertiary/aromatic N) is 3. The Kier molecular flexibility index (Phi) is 2.72. The third-order valence-corrected chi connectivity index (χ3v) is 4.16. The molecule has 0 bridgehead atoms. The number of nitrogens with one attached hydrogen (secondary N) is 2. The van der Waals surface area contributed by atoms with Crippen LogP contribution in [0.5, 0.6) is 0 Å². The van der Waals surface area contributed by atoms with Gasteiger partial charge in [0.2, 0.25) is 0 Å². The first kappa shape index (κ1) is 11.3. The third-order valence-electron chi connectivity index (χ3n) is 2.84. The van der Waals surface area contributed by atoms with Crippen LogP contribution >= 0.6 is 27.7 Å². The highest BCUT2D eigenvalue weighted by Gasteiger charge is 2.47. The molecule has 1 aromatic rings. The minimum absolute atomic E-state index is 0.232. The molecule has 0 amide bonds. The van der Waals surface area contributed by atoms with Gasteiger partial charge >= 0.3 is 0 Å². The van der Waals surface area contributed by atoms with E-state index in [0.717, 1.165) is 5.82 Å². The molecule has 1 aliphatic carbocycles. The zero-order chi connectivity index (χ0) is 11.9. The lowest BCUT2D eigenvalue weighted by Gasteiger charge is -2.21. The molecule has 17 heavy (non-hydrogen) atoms. The summed E-state index contributed by atoms with van der Waals surface area (Å²) in [6.07, 6.45) is 7.63. The number of hydrogen-bond acceptors (Lipinski definition) is 5. The minimum atomic E-state index is -0.232. The molecule has 1 atom stereocenters. The SMILES string of the molecule is ClN1NC(Br)(C2CC2)C=C1Nc1ccncn1. The summed E-state index contributed by atoms with van der Waals surface area (Å²) in [6, 6.07) is 1.79. The second kappa shape index (κ2) is 4.12. The number of anilines is 1. The smallest absolute Gasteiger partial charge is 0.137 e. The van der Waals surface area contributed by atoms with E-state index in [0.29, 0.717) is 11.7 Å². The van der Waals surface area contributed by atoms with Gasteiger partial charge in [0.15, 0.2) is 0 Å². The fraction of sp³-hybridized carbons (Fsp3) is 0.400. The number of hydrogen-bond donors (Lipinski definition) is 2. The van der Waals surface area contributed by atoms with Crippen LogP contribution in [0.15, 0.2) is 30.5 Å². The molecule has 0 radical (unpaired) electrons. The predicted octanol–water partition coefficient (Wildman–Crippen LogP) is 2.21. The van der Waals surface area contributed by atoms with Gasteiger partial charge in [0.05, 0.1) is 0 Å². The Balaban J connectivity index is 1.78. The summed E-state index contributed by atoms with van der Waals surface area (Å²) in [4.78, 5) is 7.96. The van der Waals surface area contributed by atoms with Gasteiger partial charge in [-0.05, 0) is 30.9 Å². The maximum absolute atomic E-state index is 6.10. The summed E-state index contributed by atoms with van der Waals surface area (Å²) >= 11 is 9.78. The maximum Gasteiger partial charge on any atom is 0.137 e. The zero-order valence-electron chi connectivity index (χ0n) is 8.90. The molecule has 7 heteroatoms. The number of hydrazine groups is 1. The van der Waals surface area contributed by atoms with E-state index in [2.05, 4.69) is 36.6 Å². The molecule has 1 saturated carbocycles. The molecule has 0 aromatic carbocycles. The number of alkyl halides is 1. The Bertz CT molecular complexity index is 449. The van der Waals surface area contributed by atoms with Gasteiger partial charge in [-0.1, -0.05) is 15.9 Å². The van der Waals surface area contributed by atoms with Crippen LogP contribution in [0, 0.1) is 5.92 Å². The quantitative estimate of drug-likeness (QED) is 0.509. The van der Waals surface area contributed by atoms with E-state index in [1.165, 1.54) is 23.7 Å². The number of halogens is 2. The Morgan fingerprint density at radius 3 is 3.06 bits per heavy atom. The largest absolute Gasteiger partial charge is 0.325 e. The summed E-state index contributed by atoms with van der Waals surface area (Å²) in [6.45, 7) is 0. The molecule has 1 unspecified atom stereocenters. The lowest BCUT2D eigenvalue weighted by Crippen LogP contribution is -2.40. The molecule has 2 heterocycles. The standard InChI is InChI=1S/C10H11BrClN5/c11-10(7-1-2-7)5-9(17(12)16-10)15-8-3-4-13-6-14-8/h3-7,16H,1-2H2,(H,13,14,15). The lowest BCUT2D eigenvalue weighted by atomic mass is 10.2. The highest BCUT2D eigenvalue weighted by molar-refractivity contribution is 9.10. The van der Waals surface area contributed by atoms with Crippen LogP contribution in [0.1, 0.15) is 12.8 Å². The Morgan fingerprint density at radius 1 is 1.59 bits per heavy atom. The van der Waals surface area contributed by atoms with Gasteiger partial charge in [-0.2, -0.15) is 9.95 Å². The molecule has 2 aliphatic rings. The Labute approximate surface area is 112 Å². The fourth-order valence-corrected chi connectivity index (χ4v) is 2.98. The van der Waals surface area contributed by atoms with Crippen molar-refractivity contribution in [2.45, 2.75) is 17.3 Å². The van der Waals surface area contributed by atoms with E-state index < -0.39 is 0 Å². The summed E-state index contributed by atoms with van der Waals surface area (Å²) < 4.78 is 1.22. The van der Waals surface area contributed by atoms with Gasteiger partial charge in [-0.15, -0.1) is 0 Å². The Morgan fingerprint density at radius 2 is 2.41 bits per heavy atom. The monoisotopic (exact) mass is 315 g/mol. The summed E-state index contributed by atoms with van der Waals surface area (Å²) in [7, 11) is 0. The number of aromatic nitrogens is 2. The minimum Gasteiger partial charge on any atom is -0.325 e. The predicted molar refractivity (Wildman–Crippen MR) is 68.9 cm³/mol. The van der Waals surface area contributed by atoms with Gasteiger partial charge < -0.3 is 5.32 Å². The third kappa shape index (κ3) is 2.25. The summed E-state index contributed by atoms with van der Waals surface area (Å²) in [5, 5.41) is 3.14. The molecule has 1 aromatic heterocycles. The van der Waals surface area contributed by atoms with Crippen molar-refractivity contribution in [2.75, 3.05) is 5.32 Å². The van der Waals surface area contributed by atoms with Crippen LogP contribution in [0.3, 0.4) is 0 Å². The molecule has 1 aliphatic heterocycles. The second-order valence-electron chi connectivity index (χ2n) is 4.18. The second-order valence-corrected chi connectivity index (χ2v) is 5.83. The molecule has 0 saturated heterocycles. The van der Waals surface area contributed by atoms with Gasteiger partial charge in [0.1, 0.15) is 22.4 Å². The first-order chi connectivity index (χ1) is 8.17. The van der Waals surface area contributed by atoms with E-state index in [4.69, 9.17) is 11.8 Å². The van der Waals surface area contributed by atoms with Crippen LogP contribution in [-0.4, -0.2) is 18.9 Å². The molecule has 0 spiro atoms. The van der Waals surface area contributed by atoms with Crippen molar-refractivity contribution in [3.05, 3.63) is 30.5 Å². The Hall–Kier alpha value is -0.850. The van der Waals surface area contributed by atoms with Gasteiger partial charge in [0, 0.05) is 18.0 Å². The molecule has 2 N–H and O–H groups in total. The van der Waals surface area contributed by atoms with E-state index in [9.17, 15) is 0 Å². The fourth-order valence-electron chi connectivity index (χ4n) is 1.79. The highest BCUT2D eigenvalue weighted by atomic mass is 79.9. The summed E-state index contributed by atoms with van der Waals surface area (Å²) in [5.74, 6) is 2.08. The molecular formula is C10H11BrClN5. The van der Waals surface area contributed by atoms with Crippen molar-refractivity contribution >= 4 is 33.5 Å². The van der Waals surface area contributed by atoms with Crippen molar-refractivity contribution in [2.24, 2.45) is 5.92 Å². The van der Waals surface area contributed by atoms with Crippen molar-refractivity contribution in [3.63, 3.8) is 0 Å². The van der Waals surface area contributed by atoms with Gasteiger partial charge in [-0.3, -0.25) is 0 Å². The first-order valence-corrected chi connectivity index (χ1v) is 6.49. The van der Waals surface area contributed by atoms with Crippen LogP contribution < -0.4 is 10.7 Å². The highest BCUT2D eigenvalue weighted by Crippen LogP contribution is 2.47. The average molecular weight is 317 g/mol. The summed E-state index contributed by atoms with van der Waals surface area (Å²) in [5.41, 5.74) is 3.18. The molecule has 3 rings (SSSR count). The van der Waals surface area contributed by atoms with E-state index in [1.54, 1.807) is 12.3 Å². The van der Waals surface area contributed by atoms with Crippen LogP contribution in [0.4, 0.5) is 5.82 Å².